The van der Waals surface area contributed by atoms with Gasteiger partial charge in [-0.15, -0.1) is 0 Å². The summed E-state index contributed by atoms with van der Waals surface area (Å²) >= 11 is 1.41. The van der Waals surface area contributed by atoms with Crippen molar-refractivity contribution in [3.63, 3.8) is 0 Å². The van der Waals surface area contributed by atoms with Crippen molar-refractivity contribution in [2.45, 2.75) is 128 Å². The summed E-state index contributed by atoms with van der Waals surface area (Å²) in [6.07, 6.45) is -0.132. The molecule has 106 heavy (non-hydrogen) atoms. The first-order valence-electron chi connectivity index (χ1n) is 35.2. The number of nitrogens with one attached hydrogen (secondary N) is 3. The lowest BCUT2D eigenvalue weighted by Gasteiger charge is -2.69. The number of hydrogen-bond acceptors (Lipinski definition) is 24. The maximum absolute atomic E-state index is 13.8. The van der Waals surface area contributed by atoms with E-state index in [2.05, 4.69) is 34.8 Å². The number of para-hydroxylation sites is 1. The summed E-state index contributed by atoms with van der Waals surface area (Å²) in [5.41, 5.74) is 5.07. The van der Waals surface area contributed by atoms with Gasteiger partial charge in [0.1, 0.15) is 43.1 Å². The highest BCUT2D eigenvalue weighted by Gasteiger charge is 2.66. The summed E-state index contributed by atoms with van der Waals surface area (Å²) in [5.74, 6) is -4.78. The molecule has 3 aliphatic heterocycles. The van der Waals surface area contributed by atoms with Crippen LogP contribution in [-0.4, -0.2) is 232 Å². The van der Waals surface area contributed by atoms with Crippen molar-refractivity contribution in [3.05, 3.63) is 125 Å². The number of fused-ring (bicyclic) bond motifs is 2. The van der Waals surface area contributed by atoms with Gasteiger partial charge in [-0.1, -0.05) is 55.5 Å². The summed E-state index contributed by atoms with van der Waals surface area (Å²) < 4.78 is 49.1. The van der Waals surface area contributed by atoms with E-state index in [0.717, 1.165) is 70.5 Å². The van der Waals surface area contributed by atoms with Crippen LogP contribution in [0.4, 0.5) is 21.4 Å². The molecule has 0 spiro atoms. The van der Waals surface area contributed by atoms with E-state index in [1.54, 1.807) is 12.3 Å². The largest absolute Gasteiger partial charge is 0.479 e. The molecule has 6 heterocycles. The number of likely N-dealkylation sites (N-methyl/N-ethyl adjacent to an activating group) is 1. The zero-order valence-corrected chi connectivity index (χ0v) is 60.1. The molecule has 2 unspecified atom stereocenters. The van der Waals surface area contributed by atoms with E-state index >= 15 is 0 Å². The average molecular weight is 1490 g/mol. The van der Waals surface area contributed by atoms with Gasteiger partial charge in [-0.3, -0.25) is 38.9 Å². The number of amides is 6. The number of anilines is 3. The van der Waals surface area contributed by atoms with E-state index in [1.165, 1.54) is 53.6 Å². The number of aromatic carboxylic acids is 1. The summed E-state index contributed by atoms with van der Waals surface area (Å²) in [4.78, 5) is 115. The van der Waals surface area contributed by atoms with E-state index in [1.807, 2.05) is 65.0 Å². The number of carboxylic acids is 2. The van der Waals surface area contributed by atoms with Crippen LogP contribution >= 0.6 is 11.3 Å². The van der Waals surface area contributed by atoms with Crippen LogP contribution in [0.25, 0.3) is 21.3 Å². The fourth-order valence-corrected chi connectivity index (χ4v) is 17.4. The molecule has 4 bridgehead atoms. The Hall–Kier alpha value is -9.35. The van der Waals surface area contributed by atoms with Gasteiger partial charge in [-0.2, -0.15) is 5.10 Å². The van der Waals surface area contributed by atoms with Crippen molar-refractivity contribution in [1.29, 1.82) is 0 Å². The standard InChI is InChI=1S/C74H88N10O21S/c1-44-49(47-13-15-55(79-60(47)66(93)94)82-21-19-46-8-7-9-48(50(46)34-82)65(92)80-69-78-51-10-5-6-11-54(51)106-69)33-76-84(44)43-73-38-71(2)37-72(3,39-73)41-74(40-71,42-73)103-31-30-100-27-26-98-24-22-81(4)70(97)102-35-45-12-14-53(104-68-63(91)61(89)62(90)64(105-68)67(95)96)52(32-45)77-56(85)18-20-75-57(86)36-101-29-28-99-25-23-83-58(87)16-17-59(83)88/h5-17,32-33,61-64,68,89-91H,18-31,34-43H2,1-4H3,(H,75,86)(H,77,85)(H,93,94)(H,95,96)(H,78,80,92)/t61-,62-,63+,64-,68+,71?,72?,73?,74?/m0/s1. The van der Waals surface area contributed by atoms with Crippen LogP contribution in [0.5, 0.6) is 5.75 Å². The number of rotatable bonds is 34. The highest BCUT2D eigenvalue weighted by atomic mass is 32.1. The van der Waals surface area contributed by atoms with Gasteiger partial charge >= 0.3 is 18.0 Å². The predicted molar refractivity (Wildman–Crippen MR) is 381 cm³/mol. The molecule has 6 amide bonds. The maximum Gasteiger partial charge on any atom is 0.409 e. The zero-order chi connectivity index (χ0) is 75.1. The summed E-state index contributed by atoms with van der Waals surface area (Å²) in [5, 5.41) is 65.2. The summed E-state index contributed by atoms with van der Waals surface area (Å²) in [6, 6.07) is 21.3. The third-order valence-corrected chi connectivity index (χ3v) is 21.2. The fourth-order valence-electron chi connectivity index (χ4n) is 16.5. The van der Waals surface area contributed by atoms with Crippen molar-refractivity contribution in [2.75, 3.05) is 108 Å². The molecule has 6 aromatic rings. The number of carboxylic acid groups (broad SMARTS) is 2. The lowest BCUT2D eigenvalue weighted by atomic mass is 9.39. The van der Waals surface area contributed by atoms with Gasteiger partial charge in [0.15, 0.2) is 16.9 Å². The van der Waals surface area contributed by atoms with Gasteiger partial charge in [0, 0.05) is 80.7 Å². The van der Waals surface area contributed by atoms with E-state index in [0.29, 0.717) is 72.5 Å². The molecule has 32 heteroatoms. The van der Waals surface area contributed by atoms with Gasteiger partial charge in [-0.05, 0) is 127 Å². The molecule has 5 fully saturated rings. The lowest BCUT2D eigenvalue weighted by molar-refractivity contribution is -0.271. The average Bonchev–Trinajstić information content (AvgIpc) is 0.737. The van der Waals surface area contributed by atoms with Crippen LogP contribution in [0.1, 0.15) is 102 Å². The zero-order valence-electron chi connectivity index (χ0n) is 59.3. The normalized spacial score (nSPS) is 24.3. The monoisotopic (exact) mass is 1480 g/mol. The number of benzene rings is 3. The molecule has 7 aliphatic rings. The summed E-state index contributed by atoms with van der Waals surface area (Å²) in [7, 11) is 1.53. The molecule has 31 nitrogen and oxygen atoms in total. The minimum Gasteiger partial charge on any atom is -0.479 e. The molecule has 4 saturated carbocycles. The second-order valence-corrected chi connectivity index (χ2v) is 29.8. The molecular weight excluding hydrogens is 1400 g/mol. The Kier molecular flexibility index (Phi) is 23.6. The second-order valence-electron chi connectivity index (χ2n) is 28.8. The third kappa shape index (κ3) is 17.8. The van der Waals surface area contributed by atoms with Crippen LogP contribution in [0, 0.1) is 23.2 Å². The van der Waals surface area contributed by atoms with Crippen LogP contribution in [0.3, 0.4) is 0 Å². The molecule has 3 aromatic heterocycles. The fraction of sp³-hybridized carbons (Fsp3) is 0.500. The second kappa shape index (κ2) is 32.8. The van der Waals surface area contributed by atoms with Gasteiger partial charge in [0.25, 0.3) is 17.7 Å². The number of aliphatic hydroxyl groups excluding tert-OH is 3. The molecule has 8 N–H and O–H groups in total. The Morgan fingerprint density at radius 3 is 2.23 bits per heavy atom. The first-order valence-corrected chi connectivity index (χ1v) is 36.0. The van der Waals surface area contributed by atoms with Crippen LogP contribution in [0.15, 0.2) is 91.1 Å². The molecule has 4 aliphatic carbocycles. The molecule has 1 saturated heterocycles. The highest BCUT2D eigenvalue weighted by Crippen LogP contribution is 2.72. The van der Waals surface area contributed by atoms with Crippen molar-refractivity contribution < 1.29 is 102 Å². The predicted octanol–water partition coefficient (Wildman–Crippen LogP) is 5.49. The van der Waals surface area contributed by atoms with E-state index in [9.17, 15) is 63.9 Å². The molecule has 566 valence electrons. The minimum atomic E-state index is -1.99. The third-order valence-electron chi connectivity index (χ3n) is 20.2. The lowest BCUT2D eigenvalue weighted by Crippen LogP contribution is -2.64. The maximum atomic E-state index is 13.8. The Morgan fingerprint density at radius 1 is 0.755 bits per heavy atom. The van der Waals surface area contributed by atoms with Crippen molar-refractivity contribution >= 4 is 85.8 Å². The van der Waals surface area contributed by atoms with E-state index in [-0.39, 0.29) is 124 Å². The Bertz CT molecular complexity index is 4250. The highest BCUT2D eigenvalue weighted by molar-refractivity contribution is 7.22. The topological polar surface area (TPSA) is 401 Å². The molecular formula is C74H88N10O21S. The molecule has 3 aromatic carbocycles. The minimum absolute atomic E-state index is 0.0229. The van der Waals surface area contributed by atoms with Gasteiger partial charge in [-0.25, -0.2) is 24.4 Å². The van der Waals surface area contributed by atoms with E-state index in [4.69, 9.17) is 48.0 Å². The number of thiazole rings is 1. The first-order chi connectivity index (χ1) is 50.8. The number of aliphatic carboxylic acids is 1. The number of imide groups is 1. The number of ether oxygens (including phenoxy) is 8. The summed E-state index contributed by atoms with van der Waals surface area (Å²) in [6.45, 7) is 9.31. The SMILES string of the molecule is Cc1c(-c2ccc(N3CCc4cccc(C(=O)Nc5nc6ccccc6s5)c4C3)nc2C(=O)O)cnn1CC12CC3(C)CC(C)(C1)CC(OCCOCCOCCN(C)C(=O)OCc1ccc(O[C@@H]4O[C@H](C(=O)O)[C@@H](O)[C@H](O)[C@H]4O)c(NC(=O)CCNC(=O)COCCOCCN4C(=O)C=CC4=O)c1)(C3)C2. The Labute approximate surface area is 614 Å². The van der Waals surface area contributed by atoms with Crippen LogP contribution < -0.4 is 25.6 Å². The van der Waals surface area contributed by atoms with Gasteiger partial charge < -0.3 is 83.9 Å². The van der Waals surface area contributed by atoms with Crippen LogP contribution in [-0.2, 0) is 83.2 Å². The number of carbonyl (C=O) groups is 8. The number of pyridine rings is 1. The van der Waals surface area contributed by atoms with E-state index < -0.39 is 72.4 Å². The molecule has 13 rings (SSSR count). The van der Waals surface area contributed by atoms with Crippen molar-refractivity contribution in [2.24, 2.45) is 16.2 Å². The number of carbonyl (C=O) groups excluding carboxylic acids is 6. The van der Waals surface area contributed by atoms with Gasteiger partial charge in [0.2, 0.25) is 18.1 Å². The van der Waals surface area contributed by atoms with Gasteiger partial charge in [0.05, 0.1) is 87.1 Å². The van der Waals surface area contributed by atoms with Crippen LogP contribution in [0.2, 0.25) is 0 Å². The molecule has 7 atom stereocenters. The number of aliphatic hydroxyl groups is 3. The quantitative estimate of drug-likeness (QED) is 0.0183. The van der Waals surface area contributed by atoms with Crippen molar-refractivity contribution in [3.8, 4) is 16.9 Å². The van der Waals surface area contributed by atoms with Crippen molar-refractivity contribution in [1.82, 2.24) is 34.9 Å². The smallest absolute Gasteiger partial charge is 0.409 e. The Morgan fingerprint density at radius 2 is 1.48 bits per heavy atom. The number of aromatic nitrogens is 4. The molecule has 0 radical (unpaired) electrons. The number of nitrogens with zero attached hydrogens (tertiary/aromatic N) is 7. The first kappa shape index (κ1) is 76.3. The number of hydrogen-bond donors (Lipinski definition) is 8. The Balaban J connectivity index is 0.581.